The molecular formula is C16H30N2O3. The molecule has 5 heteroatoms. The van der Waals surface area contributed by atoms with Crippen LogP contribution in [0.4, 0.5) is 0 Å². The van der Waals surface area contributed by atoms with E-state index in [2.05, 4.69) is 5.32 Å². The highest BCUT2D eigenvalue weighted by molar-refractivity contribution is 5.99. The molecule has 1 fully saturated rings. The second kappa shape index (κ2) is 6.34. The highest BCUT2D eigenvalue weighted by Gasteiger charge is 2.48. The lowest BCUT2D eigenvalue weighted by Crippen LogP contribution is -2.70. The average Bonchev–Trinajstić information content (AvgIpc) is 2.42. The Labute approximate surface area is 128 Å². The predicted molar refractivity (Wildman–Crippen MR) is 82.9 cm³/mol. The molecular weight excluding hydrogens is 268 g/mol. The molecule has 2 atom stereocenters. The van der Waals surface area contributed by atoms with Crippen LogP contribution >= 0.6 is 0 Å². The van der Waals surface area contributed by atoms with Gasteiger partial charge in [0.15, 0.2) is 0 Å². The molecule has 0 aliphatic carbocycles. The molecule has 1 saturated heterocycles. The molecule has 1 rings (SSSR count). The molecule has 21 heavy (non-hydrogen) atoms. The molecule has 2 amide bonds. The first kappa shape index (κ1) is 18.0. The third-order valence-corrected chi connectivity index (χ3v) is 4.75. The first-order chi connectivity index (χ1) is 9.59. The standard InChI is InChI=1S/C16H30N2O3/c1-8-16(6)14(20)17-12(11(2)3)13(19)18(16)10-9-15(4,5)21-7/h11-12H,8-10H2,1-7H3,(H,17,20). The van der Waals surface area contributed by atoms with Gasteiger partial charge in [-0.1, -0.05) is 20.8 Å². The first-order valence-electron chi connectivity index (χ1n) is 7.76. The average molecular weight is 298 g/mol. The number of carbonyl (C=O) groups excluding carboxylic acids is 2. The summed E-state index contributed by atoms with van der Waals surface area (Å²) in [4.78, 5) is 27.0. The molecule has 5 nitrogen and oxygen atoms in total. The van der Waals surface area contributed by atoms with Gasteiger partial charge < -0.3 is 15.0 Å². The normalized spacial score (nSPS) is 27.2. The quantitative estimate of drug-likeness (QED) is 0.815. The molecule has 1 heterocycles. The van der Waals surface area contributed by atoms with Crippen molar-refractivity contribution in [1.82, 2.24) is 10.2 Å². The van der Waals surface area contributed by atoms with E-state index in [1.807, 2.05) is 41.5 Å². The van der Waals surface area contributed by atoms with Gasteiger partial charge in [0.25, 0.3) is 0 Å². The van der Waals surface area contributed by atoms with Crippen LogP contribution in [0.15, 0.2) is 0 Å². The van der Waals surface area contributed by atoms with Crippen LogP contribution in [0.5, 0.6) is 0 Å². The van der Waals surface area contributed by atoms with Crippen molar-refractivity contribution in [2.45, 2.75) is 71.6 Å². The van der Waals surface area contributed by atoms with Crippen LogP contribution in [0.1, 0.15) is 54.4 Å². The Balaban J connectivity index is 3.01. The molecule has 0 bridgehead atoms. The predicted octanol–water partition coefficient (Wildman–Crippen LogP) is 1.95. The van der Waals surface area contributed by atoms with Gasteiger partial charge in [0.1, 0.15) is 11.6 Å². The van der Waals surface area contributed by atoms with Gasteiger partial charge in [0, 0.05) is 13.7 Å². The lowest BCUT2D eigenvalue weighted by atomic mass is 9.87. The van der Waals surface area contributed by atoms with Crippen molar-refractivity contribution in [2.24, 2.45) is 5.92 Å². The highest BCUT2D eigenvalue weighted by atomic mass is 16.5. The summed E-state index contributed by atoms with van der Waals surface area (Å²) < 4.78 is 5.43. The van der Waals surface area contributed by atoms with Gasteiger partial charge in [-0.15, -0.1) is 0 Å². The number of nitrogens with zero attached hydrogens (tertiary/aromatic N) is 1. The van der Waals surface area contributed by atoms with E-state index in [1.54, 1.807) is 12.0 Å². The second-order valence-electron chi connectivity index (χ2n) is 7.03. The minimum absolute atomic E-state index is 0.0147. The van der Waals surface area contributed by atoms with E-state index >= 15 is 0 Å². The summed E-state index contributed by atoms with van der Waals surface area (Å²) >= 11 is 0. The number of carbonyl (C=O) groups is 2. The van der Waals surface area contributed by atoms with Gasteiger partial charge in [0.2, 0.25) is 11.8 Å². The number of methoxy groups -OCH3 is 1. The van der Waals surface area contributed by atoms with Crippen LogP contribution in [-0.2, 0) is 14.3 Å². The number of rotatable bonds is 6. The zero-order chi connectivity index (χ0) is 16.4. The molecule has 1 aliphatic rings. The smallest absolute Gasteiger partial charge is 0.246 e. The summed E-state index contributed by atoms with van der Waals surface area (Å²) in [5, 5.41) is 2.89. The zero-order valence-electron chi connectivity index (χ0n) is 14.4. The maximum atomic E-state index is 12.8. The first-order valence-corrected chi connectivity index (χ1v) is 7.76. The van der Waals surface area contributed by atoms with Crippen molar-refractivity contribution in [1.29, 1.82) is 0 Å². The fourth-order valence-electron chi connectivity index (χ4n) is 2.54. The molecule has 0 saturated carbocycles. The Hall–Kier alpha value is -1.10. The topological polar surface area (TPSA) is 58.6 Å². The van der Waals surface area contributed by atoms with Crippen molar-refractivity contribution in [3.63, 3.8) is 0 Å². The number of ether oxygens (including phenoxy) is 1. The van der Waals surface area contributed by atoms with Crippen molar-refractivity contribution in [3.8, 4) is 0 Å². The summed E-state index contributed by atoms with van der Waals surface area (Å²) in [7, 11) is 1.67. The summed E-state index contributed by atoms with van der Waals surface area (Å²) in [6.45, 7) is 12.2. The van der Waals surface area contributed by atoms with E-state index < -0.39 is 11.6 Å². The van der Waals surface area contributed by atoms with Crippen molar-refractivity contribution in [3.05, 3.63) is 0 Å². The van der Waals surface area contributed by atoms with Gasteiger partial charge >= 0.3 is 0 Å². The maximum Gasteiger partial charge on any atom is 0.246 e. The lowest BCUT2D eigenvalue weighted by molar-refractivity contribution is -0.159. The van der Waals surface area contributed by atoms with Crippen LogP contribution in [0.2, 0.25) is 0 Å². The Morgan fingerprint density at radius 2 is 1.95 bits per heavy atom. The maximum absolute atomic E-state index is 12.8. The third kappa shape index (κ3) is 3.57. The largest absolute Gasteiger partial charge is 0.379 e. The SMILES string of the molecule is CCC1(C)C(=O)NC(C(C)C)C(=O)N1CCC(C)(C)OC. The van der Waals surface area contributed by atoms with Crippen LogP contribution in [-0.4, -0.2) is 47.6 Å². The number of hydrogen-bond acceptors (Lipinski definition) is 3. The molecule has 122 valence electrons. The van der Waals surface area contributed by atoms with Crippen LogP contribution in [0.25, 0.3) is 0 Å². The summed E-state index contributed by atoms with van der Waals surface area (Å²) in [6, 6.07) is -0.428. The van der Waals surface area contributed by atoms with Gasteiger partial charge in [-0.3, -0.25) is 9.59 Å². The van der Waals surface area contributed by atoms with Crippen LogP contribution < -0.4 is 5.32 Å². The van der Waals surface area contributed by atoms with Gasteiger partial charge in [-0.2, -0.15) is 0 Å². The molecule has 2 unspecified atom stereocenters. The zero-order valence-corrected chi connectivity index (χ0v) is 14.4. The fourth-order valence-corrected chi connectivity index (χ4v) is 2.54. The summed E-state index contributed by atoms with van der Waals surface area (Å²) in [6.07, 6.45) is 1.30. The van der Waals surface area contributed by atoms with E-state index in [-0.39, 0.29) is 23.3 Å². The Morgan fingerprint density at radius 1 is 1.38 bits per heavy atom. The summed E-state index contributed by atoms with van der Waals surface area (Å²) in [5.41, 5.74) is -1.08. The fraction of sp³-hybridized carbons (Fsp3) is 0.875. The molecule has 0 aromatic rings. The van der Waals surface area contributed by atoms with E-state index in [4.69, 9.17) is 4.74 Å². The van der Waals surface area contributed by atoms with Gasteiger partial charge in [0.05, 0.1) is 5.60 Å². The molecule has 1 aliphatic heterocycles. The van der Waals surface area contributed by atoms with E-state index in [9.17, 15) is 9.59 Å². The number of nitrogens with one attached hydrogen (secondary N) is 1. The van der Waals surface area contributed by atoms with Gasteiger partial charge in [-0.25, -0.2) is 0 Å². The van der Waals surface area contributed by atoms with E-state index in [0.29, 0.717) is 19.4 Å². The molecule has 0 aromatic carbocycles. The van der Waals surface area contributed by atoms with Crippen molar-refractivity contribution in [2.75, 3.05) is 13.7 Å². The Bertz CT molecular complexity index is 406. The van der Waals surface area contributed by atoms with E-state index in [0.717, 1.165) is 0 Å². The summed E-state index contributed by atoms with van der Waals surface area (Å²) in [5.74, 6) is 0.0418. The molecule has 0 aromatic heterocycles. The van der Waals surface area contributed by atoms with Crippen LogP contribution in [0, 0.1) is 5.92 Å². The molecule has 0 spiro atoms. The minimum atomic E-state index is -0.772. The van der Waals surface area contributed by atoms with Crippen LogP contribution in [0.3, 0.4) is 0 Å². The molecule has 0 radical (unpaired) electrons. The Morgan fingerprint density at radius 3 is 2.38 bits per heavy atom. The molecule has 1 N–H and O–H groups in total. The van der Waals surface area contributed by atoms with Crippen molar-refractivity contribution >= 4 is 11.8 Å². The van der Waals surface area contributed by atoms with Gasteiger partial charge in [-0.05, 0) is 39.5 Å². The number of hydrogen-bond donors (Lipinski definition) is 1. The second-order valence-corrected chi connectivity index (χ2v) is 7.03. The lowest BCUT2D eigenvalue weighted by Gasteiger charge is -2.47. The number of piperazine rings is 1. The highest BCUT2D eigenvalue weighted by Crippen LogP contribution is 2.28. The number of amides is 2. The Kier molecular flexibility index (Phi) is 5.42. The van der Waals surface area contributed by atoms with Crippen molar-refractivity contribution < 1.29 is 14.3 Å². The third-order valence-electron chi connectivity index (χ3n) is 4.75. The van der Waals surface area contributed by atoms with E-state index in [1.165, 1.54) is 0 Å². The monoisotopic (exact) mass is 298 g/mol. The minimum Gasteiger partial charge on any atom is -0.379 e.